The first-order valence-electron chi connectivity index (χ1n) is 8.23. The molecule has 5 nitrogen and oxygen atoms in total. The Labute approximate surface area is 164 Å². The number of benzene rings is 1. The summed E-state index contributed by atoms with van der Waals surface area (Å²) in [4.78, 5) is 26.9. The van der Waals surface area contributed by atoms with Gasteiger partial charge in [-0.3, -0.25) is 14.5 Å². The van der Waals surface area contributed by atoms with Gasteiger partial charge in [-0.25, -0.2) is 0 Å². The zero-order valence-corrected chi connectivity index (χ0v) is 16.8. The summed E-state index contributed by atoms with van der Waals surface area (Å²) in [5.41, 5.74) is 2.43. The van der Waals surface area contributed by atoms with Gasteiger partial charge in [0.2, 0.25) is 5.91 Å². The summed E-state index contributed by atoms with van der Waals surface area (Å²) < 4.78 is 0. The van der Waals surface area contributed by atoms with Crippen molar-refractivity contribution in [2.24, 2.45) is 0 Å². The summed E-state index contributed by atoms with van der Waals surface area (Å²) in [7, 11) is 0. The molecule has 0 aliphatic rings. The van der Waals surface area contributed by atoms with E-state index in [1.807, 2.05) is 18.7 Å². The molecule has 7 heteroatoms. The molecular weight excluding hydrogens is 372 g/mol. The van der Waals surface area contributed by atoms with E-state index in [2.05, 4.69) is 48.6 Å². The van der Waals surface area contributed by atoms with Crippen molar-refractivity contribution in [3.8, 4) is 10.4 Å². The molecule has 26 heavy (non-hydrogen) atoms. The van der Waals surface area contributed by atoms with Crippen molar-refractivity contribution in [1.29, 1.82) is 0 Å². The number of halogens is 1. The lowest BCUT2D eigenvalue weighted by molar-refractivity contribution is -0.138. The van der Waals surface area contributed by atoms with E-state index in [0.29, 0.717) is 6.54 Å². The standard InChI is InChI=1S/C19H24N2O3S.ClH/c1-13(2)21(12-18(22)20-10-19(23)24)11-16-8-9-17(25-16)15-6-4-14(3)5-7-15;/h4-9,13H,10-12H2,1-3H3,(H,20,22)(H,23,24);1H. The number of carbonyl (C=O) groups is 2. The third-order valence-corrected chi connectivity index (χ3v) is 4.99. The van der Waals surface area contributed by atoms with Crippen molar-refractivity contribution in [3.05, 3.63) is 46.8 Å². The Kier molecular flexibility index (Phi) is 8.78. The zero-order chi connectivity index (χ0) is 18.4. The average Bonchev–Trinajstić information content (AvgIpc) is 3.01. The largest absolute Gasteiger partial charge is 0.480 e. The molecular formula is C19H25ClN2O3S. The highest BCUT2D eigenvalue weighted by atomic mass is 35.5. The fourth-order valence-corrected chi connectivity index (χ4v) is 3.41. The minimum atomic E-state index is -1.04. The number of carboxylic acid groups (broad SMARTS) is 1. The fourth-order valence-electron chi connectivity index (χ4n) is 2.37. The van der Waals surface area contributed by atoms with E-state index >= 15 is 0 Å². The molecule has 0 spiro atoms. The highest BCUT2D eigenvalue weighted by Gasteiger charge is 2.16. The minimum Gasteiger partial charge on any atom is -0.480 e. The number of carbonyl (C=O) groups excluding carboxylic acids is 1. The van der Waals surface area contributed by atoms with Crippen molar-refractivity contribution in [2.75, 3.05) is 13.1 Å². The second-order valence-corrected chi connectivity index (χ2v) is 7.47. The number of carboxylic acids is 1. The van der Waals surface area contributed by atoms with E-state index in [9.17, 15) is 9.59 Å². The number of rotatable bonds is 8. The minimum absolute atomic E-state index is 0. The molecule has 0 saturated heterocycles. The number of aryl methyl sites for hydroxylation is 1. The van der Waals surface area contributed by atoms with E-state index < -0.39 is 5.97 Å². The maximum atomic E-state index is 11.9. The molecule has 142 valence electrons. The number of thiophene rings is 1. The van der Waals surface area contributed by atoms with Crippen LogP contribution in [0.4, 0.5) is 0 Å². The molecule has 1 aromatic heterocycles. The van der Waals surface area contributed by atoms with Crippen LogP contribution in [0.25, 0.3) is 10.4 Å². The van der Waals surface area contributed by atoms with E-state index in [-0.39, 0.29) is 37.4 Å². The summed E-state index contributed by atoms with van der Waals surface area (Å²) in [6.07, 6.45) is 0. The van der Waals surface area contributed by atoms with Crippen LogP contribution in [0.15, 0.2) is 36.4 Å². The molecule has 2 N–H and O–H groups in total. The van der Waals surface area contributed by atoms with E-state index in [4.69, 9.17) is 5.11 Å². The van der Waals surface area contributed by atoms with Gasteiger partial charge in [-0.1, -0.05) is 29.8 Å². The molecule has 2 rings (SSSR count). The van der Waals surface area contributed by atoms with Gasteiger partial charge >= 0.3 is 5.97 Å². The summed E-state index contributed by atoms with van der Waals surface area (Å²) in [5.74, 6) is -1.31. The van der Waals surface area contributed by atoms with Gasteiger partial charge in [-0.15, -0.1) is 23.7 Å². The highest BCUT2D eigenvalue weighted by molar-refractivity contribution is 7.15. The van der Waals surface area contributed by atoms with E-state index in [1.54, 1.807) is 11.3 Å². The zero-order valence-electron chi connectivity index (χ0n) is 15.2. The summed E-state index contributed by atoms with van der Waals surface area (Å²) in [5, 5.41) is 11.1. The van der Waals surface area contributed by atoms with Gasteiger partial charge in [-0.05, 0) is 38.5 Å². The Hall–Kier alpha value is -1.89. The molecule has 0 atom stereocenters. The van der Waals surface area contributed by atoms with Crippen molar-refractivity contribution in [3.63, 3.8) is 0 Å². The molecule has 0 fully saturated rings. The molecule has 0 radical (unpaired) electrons. The van der Waals surface area contributed by atoms with Crippen LogP contribution in [0.2, 0.25) is 0 Å². The van der Waals surface area contributed by atoms with Gasteiger partial charge in [0.1, 0.15) is 6.54 Å². The second-order valence-electron chi connectivity index (χ2n) is 6.30. The van der Waals surface area contributed by atoms with Gasteiger partial charge in [0.05, 0.1) is 6.54 Å². The Bertz CT molecular complexity index is 729. The summed E-state index contributed by atoms with van der Waals surface area (Å²) in [6, 6.07) is 12.8. The average molecular weight is 397 g/mol. The number of amides is 1. The van der Waals surface area contributed by atoms with Gasteiger partial charge < -0.3 is 10.4 Å². The van der Waals surface area contributed by atoms with Crippen LogP contribution in [0.3, 0.4) is 0 Å². The normalized spacial score (nSPS) is 10.7. The maximum absolute atomic E-state index is 11.9. The van der Waals surface area contributed by atoms with Crippen LogP contribution in [0.1, 0.15) is 24.3 Å². The third kappa shape index (κ3) is 6.78. The fraction of sp³-hybridized carbons (Fsp3) is 0.368. The van der Waals surface area contributed by atoms with Crippen LogP contribution in [0, 0.1) is 6.92 Å². The van der Waals surface area contributed by atoms with Crippen LogP contribution < -0.4 is 5.32 Å². The Balaban J connectivity index is 0.00000338. The first-order chi connectivity index (χ1) is 11.8. The number of hydrogen-bond donors (Lipinski definition) is 2. The number of nitrogens with zero attached hydrogens (tertiary/aromatic N) is 1. The van der Waals surface area contributed by atoms with Crippen molar-refractivity contribution >= 4 is 35.6 Å². The molecule has 0 saturated carbocycles. The molecule has 1 heterocycles. The summed E-state index contributed by atoms with van der Waals surface area (Å²) >= 11 is 1.72. The quantitative estimate of drug-likeness (QED) is 0.715. The smallest absolute Gasteiger partial charge is 0.322 e. The van der Waals surface area contributed by atoms with Crippen LogP contribution >= 0.6 is 23.7 Å². The molecule has 2 aromatic rings. The highest BCUT2D eigenvalue weighted by Crippen LogP contribution is 2.29. The lowest BCUT2D eigenvalue weighted by Crippen LogP contribution is -2.41. The lowest BCUT2D eigenvalue weighted by atomic mass is 10.1. The molecule has 0 unspecified atom stereocenters. The predicted octanol–water partition coefficient (Wildman–Crippen LogP) is 3.56. The molecule has 0 aliphatic heterocycles. The SMILES string of the molecule is Cc1ccc(-c2ccc(CN(CC(=O)NCC(=O)O)C(C)C)s2)cc1.Cl. The Morgan fingerprint density at radius 1 is 1.15 bits per heavy atom. The predicted molar refractivity (Wildman–Crippen MR) is 108 cm³/mol. The lowest BCUT2D eigenvalue weighted by Gasteiger charge is -2.25. The van der Waals surface area contributed by atoms with Crippen LogP contribution in [-0.2, 0) is 16.1 Å². The van der Waals surface area contributed by atoms with Crippen LogP contribution in [-0.4, -0.2) is 41.0 Å². The van der Waals surface area contributed by atoms with E-state index in [0.717, 1.165) is 0 Å². The second kappa shape index (κ2) is 10.3. The van der Waals surface area contributed by atoms with Crippen LogP contribution in [0.5, 0.6) is 0 Å². The monoisotopic (exact) mass is 396 g/mol. The van der Waals surface area contributed by atoms with Crippen molar-refractivity contribution in [1.82, 2.24) is 10.2 Å². The maximum Gasteiger partial charge on any atom is 0.322 e. The topological polar surface area (TPSA) is 69.6 Å². The van der Waals surface area contributed by atoms with Crippen molar-refractivity contribution < 1.29 is 14.7 Å². The number of aliphatic carboxylic acids is 1. The van der Waals surface area contributed by atoms with Gasteiger partial charge in [0.25, 0.3) is 0 Å². The molecule has 0 bridgehead atoms. The van der Waals surface area contributed by atoms with Gasteiger partial charge in [0.15, 0.2) is 0 Å². The van der Waals surface area contributed by atoms with Gasteiger partial charge in [0, 0.05) is 22.3 Å². The Morgan fingerprint density at radius 3 is 2.38 bits per heavy atom. The number of nitrogens with one attached hydrogen (secondary N) is 1. The van der Waals surface area contributed by atoms with Gasteiger partial charge in [-0.2, -0.15) is 0 Å². The first kappa shape index (κ1) is 22.2. The summed E-state index contributed by atoms with van der Waals surface area (Å²) in [6.45, 7) is 6.62. The third-order valence-electron chi connectivity index (χ3n) is 3.87. The Morgan fingerprint density at radius 2 is 1.81 bits per heavy atom. The number of hydrogen-bond acceptors (Lipinski definition) is 4. The molecule has 1 aromatic carbocycles. The van der Waals surface area contributed by atoms with Crippen molar-refractivity contribution in [2.45, 2.75) is 33.4 Å². The molecule has 1 amide bonds. The first-order valence-corrected chi connectivity index (χ1v) is 9.05. The molecule has 0 aliphatic carbocycles. The van der Waals surface area contributed by atoms with E-state index in [1.165, 1.54) is 20.9 Å².